The molecule has 4 nitrogen and oxygen atoms in total. The molecule has 0 atom stereocenters. The molecular formula is C8H4BrFN2O2. The fourth-order valence-electron chi connectivity index (χ4n) is 1.17. The first-order valence-corrected chi connectivity index (χ1v) is 4.50. The third-order valence-corrected chi connectivity index (χ3v) is 2.48. The third kappa shape index (κ3) is 1.19. The number of benzene rings is 1. The van der Waals surface area contributed by atoms with Gasteiger partial charge in [-0.1, -0.05) is 10.5 Å². The summed E-state index contributed by atoms with van der Waals surface area (Å²) >= 11 is 3.14. The van der Waals surface area contributed by atoms with E-state index < -0.39 is 11.1 Å². The molecule has 1 N–H and O–H groups in total. The average molecular weight is 259 g/mol. The summed E-state index contributed by atoms with van der Waals surface area (Å²) in [6.07, 6.45) is 0. The van der Waals surface area contributed by atoms with Gasteiger partial charge in [0.15, 0.2) is 0 Å². The number of rotatable bonds is 0. The van der Waals surface area contributed by atoms with Crippen molar-refractivity contribution in [3.8, 4) is 0 Å². The maximum Gasteiger partial charge on any atom is 0.344 e. The Hall–Kier alpha value is -1.43. The molecular weight excluding hydrogens is 255 g/mol. The highest BCUT2D eigenvalue weighted by Crippen LogP contribution is 2.19. The average Bonchev–Trinajstić information content (AvgIpc) is 2.17. The smallest absolute Gasteiger partial charge is 0.315 e. The predicted molar refractivity (Wildman–Crippen MR) is 53.0 cm³/mol. The molecule has 0 saturated heterocycles. The van der Waals surface area contributed by atoms with Crippen LogP contribution in [0.2, 0.25) is 0 Å². The number of aromatic nitrogens is 2. The number of hydrogen-bond donors (Lipinski definition) is 1. The monoisotopic (exact) mass is 258 g/mol. The molecule has 0 saturated carbocycles. The van der Waals surface area contributed by atoms with E-state index in [1.807, 2.05) is 0 Å². The van der Waals surface area contributed by atoms with Gasteiger partial charge in [0.2, 0.25) is 0 Å². The molecule has 0 aliphatic carbocycles. The van der Waals surface area contributed by atoms with Gasteiger partial charge in [-0.05, 0) is 28.1 Å². The molecule has 14 heavy (non-hydrogen) atoms. The number of H-pyrrole nitrogens is 1. The normalized spacial score (nSPS) is 10.7. The molecule has 0 bridgehead atoms. The maximum atomic E-state index is 13.2. The number of nitrogens with one attached hydrogen (secondary N) is 1. The van der Waals surface area contributed by atoms with E-state index in [0.29, 0.717) is 4.47 Å². The van der Waals surface area contributed by atoms with E-state index in [0.717, 1.165) is 0 Å². The van der Waals surface area contributed by atoms with Crippen molar-refractivity contribution in [2.75, 3.05) is 0 Å². The zero-order valence-electron chi connectivity index (χ0n) is 6.75. The number of hydrogen-bond acceptors (Lipinski definition) is 2. The predicted octanol–water partition coefficient (Wildman–Crippen LogP) is 1.18. The molecule has 1 aromatic carbocycles. The van der Waals surface area contributed by atoms with Gasteiger partial charge < -0.3 is 4.98 Å². The summed E-state index contributed by atoms with van der Waals surface area (Å²) in [4.78, 5) is 24.0. The lowest BCUT2D eigenvalue weighted by Gasteiger charge is -2.00. The molecule has 0 unspecified atom stereocenters. The topological polar surface area (TPSA) is 54.9 Å². The lowest BCUT2D eigenvalue weighted by molar-refractivity contribution is 0.367. The van der Waals surface area contributed by atoms with Gasteiger partial charge in [-0.2, -0.15) is 0 Å². The van der Waals surface area contributed by atoms with Crippen LogP contribution in [0.4, 0.5) is 4.48 Å². The van der Waals surface area contributed by atoms with Gasteiger partial charge in [-0.25, -0.2) is 0 Å². The van der Waals surface area contributed by atoms with E-state index in [2.05, 4.69) is 20.9 Å². The van der Waals surface area contributed by atoms with Crippen LogP contribution < -0.4 is 11.1 Å². The molecule has 0 spiro atoms. The lowest BCUT2D eigenvalue weighted by Crippen LogP contribution is -2.33. The third-order valence-electron chi connectivity index (χ3n) is 1.81. The van der Waals surface area contributed by atoms with E-state index in [1.165, 1.54) is 6.07 Å². The number of aromatic amines is 1. The van der Waals surface area contributed by atoms with Gasteiger partial charge in [0.05, 0.1) is 5.52 Å². The van der Waals surface area contributed by atoms with Crippen molar-refractivity contribution in [1.29, 1.82) is 0 Å². The van der Waals surface area contributed by atoms with Crippen LogP contribution in [0.25, 0.3) is 11.0 Å². The number of nitrogens with zero attached hydrogens (tertiary/aromatic N) is 1. The second-order valence-electron chi connectivity index (χ2n) is 2.67. The number of fused-ring (bicyclic) bond motifs is 1. The first-order valence-electron chi connectivity index (χ1n) is 3.71. The minimum Gasteiger partial charge on any atom is -0.315 e. The van der Waals surface area contributed by atoms with Crippen molar-refractivity contribution in [3.63, 3.8) is 0 Å². The molecule has 1 aromatic heterocycles. The van der Waals surface area contributed by atoms with E-state index in [9.17, 15) is 14.1 Å². The van der Waals surface area contributed by atoms with Crippen molar-refractivity contribution in [2.24, 2.45) is 0 Å². The van der Waals surface area contributed by atoms with Gasteiger partial charge in [0, 0.05) is 4.47 Å². The van der Waals surface area contributed by atoms with Gasteiger partial charge in [-0.15, -0.1) is 4.79 Å². The Bertz CT molecular complexity index is 617. The summed E-state index contributed by atoms with van der Waals surface area (Å²) < 4.78 is 13.7. The largest absolute Gasteiger partial charge is 0.344 e. The maximum absolute atomic E-state index is 13.2. The zero-order valence-corrected chi connectivity index (χ0v) is 8.34. The summed E-state index contributed by atoms with van der Waals surface area (Å²) in [6.45, 7) is 0. The molecule has 6 heteroatoms. The molecule has 0 amide bonds. The molecule has 2 rings (SSSR count). The summed E-state index contributed by atoms with van der Waals surface area (Å²) in [5.74, 6) is 0. The Labute approximate surface area is 85.1 Å². The van der Waals surface area contributed by atoms with Crippen LogP contribution in [0.15, 0.2) is 32.3 Å². The molecule has 1 heterocycles. The molecule has 0 aliphatic rings. The van der Waals surface area contributed by atoms with Crippen LogP contribution in [-0.4, -0.2) is 9.77 Å². The number of para-hydroxylation sites is 1. The Morgan fingerprint density at radius 1 is 1.36 bits per heavy atom. The summed E-state index contributed by atoms with van der Waals surface area (Å²) in [7, 11) is 0. The summed E-state index contributed by atoms with van der Waals surface area (Å²) in [6, 6.07) is 4.61. The van der Waals surface area contributed by atoms with E-state index in [1.54, 1.807) is 12.1 Å². The van der Waals surface area contributed by atoms with Crippen LogP contribution >= 0.6 is 15.9 Å². The van der Waals surface area contributed by atoms with Crippen molar-refractivity contribution in [1.82, 2.24) is 9.77 Å². The Kier molecular flexibility index (Phi) is 1.99. The SMILES string of the molecule is O=c1[nH]c2c(Br)cccc2n(F)c1=O. The molecule has 2 aromatic rings. The van der Waals surface area contributed by atoms with E-state index in [-0.39, 0.29) is 15.8 Å². The van der Waals surface area contributed by atoms with Crippen LogP contribution in [-0.2, 0) is 0 Å². The summed E-state index contributed by atoms with van der Waals surface area (Å²) in [5.41, 5.74) is -1.90. The second-order valence-corrected chi connectivity index (χ2v) is 3.53. The van der Waals surface area contributed by atoms with Crippen molar-refractivity contribution in [2.45, 2.75) is 0 Å². The highest BCUT2D eigenvalue weighted by Gasteiger charge is 2.08. The van der Waals surface area contributed by atoms with Gasteiger partial charge in [0.25, 0.3) is 0 Å². The quantitative estimate of drug-likeness (QED) is 0.722. The highest BCUT2D eigenvalue weighted by atomic mass is 79.9. The zero-order chi connectivity index (χ0) is 10.3. The summed E-state index contributed by atoms with van der Waals surface area (Å²) in [5, 5.41) is 0. The van der Waals surface area contributed by atoms with Crippen molar-refractivity contribution in [3.05, 3.63) is 43.4 Å². The van der Waals surface area contributed by atoms with E-state index >= 15 is 0 Å². The Morgan fingerprint density at radius 3 is 2.79 bits per heavy atom. The standard InChI is InChI=1S/C8H4BrFN2O2/c9-4-2-1-3-5-6(4)11-7(13)8(14)12(5)10/h1-3H,(H,11,13). The molecule has 0 fully saturated rings. The lowest BCUT2D eigenvalue weighted by atomic mass is 10.3. The first-order chi connectivity index (χ1) is 6.61. The molecule has 72 valence electrons. The minimum atomic E-state index is -1.21. The van der Waals surface area contributed by atoms with E-state index in [4.69, 9.17) is 0 Å². The minimum absolute atomic E-state index is 0.0315. The van der Waals surface area contributed by atoms with Crippen LogP contribution in [0.5, 0.6) is 0 Å². The Morgan fingerprint density at radius 2 is 2.07 bits per heavy atom. The number of halogens is 2. The van der Waals surface area contributed by atoms with Crippen LogP contribution in [0, 0.1) is 0 Å². The van der Waals surface area contributed by atoms with Gasteiger partial charge in [0.1, 0.15) is 5.52 Å². The Balaban J connectivity index is 3.14. The first kappa shape index (κ1) is 9.14. The van der Waals surface area contributed by atoms with Gasteiger partial charge in [-0.3, -0.25) is 9.59 Å². The van der Waals surface area contributed by atoms with Crippen molar-refractivity contribution >= 4 is 27.0 Å². The molecule has 0 aliphatic heterocycles. The van der Waals surface area contributed by atoms with Crippen molar-refractivity contribution < 1.29 is 4.48 Å². The van der Waals surface area contributed by atoms with Gasteiger partial charge >= 0.3 is 11.1 Å². The van der Waals surface area contributed by atoms with Crippen LogP contribution in [0.3, 0.4) is 0 Å². The molecule has 0 radical (unpaired) electrons. The fraction of sp³-hybridized carbons (Fsp3) is 0. The fourth-order valence-corrected chi connectivity index (χ4v) is 1.62. The highest BCUT2D eigenvalue weighted by molar-refractivity contribution is 9.10. The second kappa shape index (κ2) is 3.06. The van der Waals surface area contributed by atoms with Crippen LogP contribution in [0.1, 0.15) is 0 Å².